The molecule has 1 aromatic rings. The largest absolute Gasteiger partial charge is 0.370 e. The van der Waals surface area contributed by atoms with E-state index in [1.54, 1.807) is 6.07 Å². The number of anilines is 1. The summed E-state index contributed by atoms with van der Waals surface area (Å²) >= 11 is 0. The van der Waals surface area contributed by atoms with Crippen molar-refractivity contribution in [2.75, 3.05) is 43.9 Å². The highest BCUT2D eigenvalue weighted by atomic mass is 32.2. The first-order valence-electron chi connectivity index (χ1n) is 7.78. The Morgan fingerprint density at radius 2 is 1.96 bits per heavy atom. The van der Waals surface area contributed by atoms with E-state index in [2.05, 4.69) is 16.7 Å². The van der Waals surface area contributed by atoms with E-state index in [1.807, 2.05) is 0 Å². The van der Waals surface area contributed by atoms with Gasteiger partial charge in [-0.2, -0.15) is 0 Å². The third kappa shape index (κ3) is 4.42. The second-order valence-corrected chi connectivity index (χ2v) is 7.85. The lowest BCUT2D eigenvalue weighted by Crippen LogP contribution is -2.31. The fourth-order valence-electron chi connectivity index (χ4n) is 2.92. The fourth-order valence-corrected chi connectivity index (χ4v) is 3.77. The van der Waals surface area contributed by atoms with E-state index in [0.717, 1.165) is 57.5 Å². The molecule has 0 bridgehead atoms. The van der Waals surface area contributed by atoms with Crippen LogP contribution in [0.15, 0.2) is 23.1 Å². The summed E-state index contributed by atoms with van der Waals surface area (Å²) in [4.78, 5) is 14.7. The van der Waals surface area contributed by atoms with E-state index in [9.17, 15) is 18.5 Å². The summed E-state index contributed by atoms with van der Waals surface area (Å²) < 4.78 is 23.7. The molecule has 128 valence electrons. The van der Waals surface area contributed by atoms with Crippen LogP contribution in [0.4, 0.5) is 11.4 Å². The molecule has 1 aliphatic rings. The van der Waals surface area contributed by atoms with Crippen molar-refractivity contribution in [3.05, 3.63) is 28.3 Å². The molecule has 8 heteroatoms. The van der Waals surface area contributed by atoms with Crippen LogP contribution in [0.25, 0.3) is 0 Å². The van der Waals surface area contributed by atoms with Gasteiger partial charge < -0.3 is 9.80 Å². The van der Waals surface area contributed by atoms with Crippen LogP contribution in [0.1, 0.15) is 19.8 Å². The summed E-state index contributed by atoms with van der Waals surface area (Å²) in [6.45, 7) is 6.76. The number of nitrogens with zero attached hydrogens (tertiary/aromatic N) is 3. The Bertz CT molecular complexity index is 675. The average Bonchev–Trinajstić information content (AvgIpc) is 2.72. The van der Waals surface area contributed by atoms with Crippen LogP contribution in [-0.4, -0.2) is 57.2 Å². The van der Waals surface area contributed by atoms with Gasteiger partial charge in [0.15, 0.2) is 9.84 Å². The van der Waals surface area contributed by atoms with Gasteiger partial charge in [-0.15, -0.1) is 0 Å². The molecule has 0 spiro atoms. The number of rotatable bonds is 5. The zero-order valence-electron chi connectivity index (χ0n) is 13.6. The summed E-state index contributed by atoms with van der Waals surface area (Å²) in [7, 11) is -3.65. The van der Waals surface area contributed by atoms with Gasteiger partial charge in [0.1, 0.15) is 4.90 Å². The molecule has 0 aliphatic carbocycles. The SMILES string of the molecule is CCCN1CCCN(c2ccc([N+](=O)[O-])c(S(C)(=O)=O)c2)CC1. The van der Waals surface area contributed by atoms with Crippen LogP contribution in [-0.2, 0) is 9.84 Å². The monoisotopic (exact) mass is 341 g/mol. The Labute approximate surface area is 137 Å². The van der Waals surface area contributed by atoms with Gasteiger partial charge in [-0.05, 0) is 38.1 Å². The molecule has 0 amide bonds. The third-order valence-electron chi connectivity index (χ3n) is 4.03. The van der Waals surface area contributed by atoms with Crippen molar-refractivity contribution in [2.45, 2.75) is 24.7 Å². The number of hydrogen-bond donors (Lipinski definition) is 0. The van der Waals surface area contributed by atoms with Crippen molar-refractivity contribution in [3.8, 4) is 0 Å². The highest BCUT2D eigenvalue weighted by molar-refractivity contribution is 7.90. The van der Waals surface area contributed by atoms with E-state index in [0.29, 0.717) is 0 Å². The number of hydrogen-bond acceptors (Lipinski definition) is 6. The average molecular weight is 341 g/mol. The zero-order valence-corrected chi connectivity index (χ0v) is 14.4. The van der Waals surface area contributed by atoms with E-state index in [-0.39, 0.29) is 10.6 Å². The summed E-state index contributed by atoms with van der Waals surface area (Å²) in [5.74, 6) is 0. The van der Waals surface area contributed by atoms with Crippen molar-refractivity contribution in [2.24, 2.45) is 0 Å². The maximum atomic E-state index is 11.9. The predicted octanol–water partition coefficient (Wildman–Crippen LogP) is 1.92. The Kier molecular flexibility index (Phi) is 5.59. The van der Waals surface area contributed by atoms with Crippen LogP contribution in [0.5, 0.6) is 0 Å². The first-order chi connectivity index (χ1) is 10.8. The van der Waals surface area contributed by atoms with Crippen LogP contribution in [0, 0.1) is 10.1 Å². The summed E-state index contributed by atoms with van der Waals surface area (Å²) in [6.07, 6.45) is 3.10. The Morgan fingerprint density at radius 1 is 1.22 bits per heavy atom. The first kappa shape index (κ1) is 17.7. The molecule has 7 nitrogen and oxygen atoms in total. The molecule has 0 saturated carbocycles. The summed E-state index contributed by atoms with van der Waals surface area (Å²) in [5.41, 5.74) is 0.369. The Hall–Kier alpha value is -1.67. The second-order valence-electron chi connectivity index (χ2n) is 5.86. The normalized spacial score (nSPS) is 17.0. The van der Waals surface area contributed by atoms with Crippen molar-refractivity contribution in [1.82, 2.24) is 4.90 Å². The smallest absolute Gasteiger partial charge is 0.288 e. The van der Waals surface area contributed by atoms with Gasteiger partial charge >= 0.3 is 0 Å². The highest BCUT2D eigenvalue weighted by Crippen LogP contribution is 2.29. The summed E-state index contributed by atoms with van der Waals surface area (Å²) in [5, 5.41) is 11.0. The van der Waals surface area contributed by atoms with Gasteiger partial charge in [-0.3, -0.25) is 10.1 Å². The molecule has 0 N–H and O–H groups in total. The second kappa shape index (κ2) is 7.27. The zero-order chi connectivity index (χ0) is 17.0. The molecule has 2 rings (SSSR count). The molecule has 1 aromatic carbocycles. The minimum absolute atomic E-state index is 0.213. The molecule has 0 atom stereocenters. The molecule has 0 radical (unpaired) electrons. The van der Waals surface area contributed by atoms with E-state index in [4.69, 9.17) is 0 Å². The van der Waals surface area contributed by atoms with Crippen LogP contribution in [0.2, 0.25) is 0 Å². The van der Waals surface area contributed by atoms with Gasteiger partial charge in [0.05, 0.1) is 4.92 Å². The quantitative estimate of drug-likeness (QED) is 0.601. The Morgan fingerprint density at radius 3 is 2.57 bits per heavy atom. The molecule has 1 saturated heterocycles. The number of benzene rings is 1. The summed E-state index contributed by atoms with van der Waals surface area (Å²) in [6, 6.07) is 4.37. The molecule has 1 aliphatic heterocycles. The third-order valence-corrected chi connectivity index (χ3v) is 5.16. The minimum atomic E-state index is -3.65. The molecule has 0 aromatic heterocycles. The maximum Gasteiger partial charge on any atom is 0.288 e. The van der Waals surface area contributed by atoms with E-state index >= 15 is 0 Å². The van der Waals surface area contributed by atoms with Crippen molar-refractivity contribution in [3.63, 3.8) is 0 Å². The number of nitro groups is 1. The molecular formula is C15H23N3O4S. The molecule has 23 heavy (non-hydrogen) atoms. The molecule has 1 fully saturated rings. The lowest BCUT2D eigenvalue weighted by atomic mass is 10.2. The highest BCUT2D eigenvalue weighted by Gasteiger charge is 2.24. The van der Waals surface area contributed by atoms with E-state index < -0.39 is 14.8 Å². The van der Waals surface area contributed by atoms with E-state index in [1.165, 1.54) is 12.1 Å². The van der Waals surface area contributed by atoms with Gasteiger partial charge in [0.25, 0.3) is 5.69 Å². The number of nitro benzene ring substituents is 1. The molecule has 0 unspecified atom stereocenters. The van der Waals surface area contributed by atoms with Crippen molar-refractivity contribution in [1.29, 1.82) is 0 Å². The van der Waals surface area contributed by atoms with Crippen molar-refractivity contribution < 1.29 is 13.3 Å². The van der Waals surface area contributed by atoms with Gasteiger partial charge in [0.2, 0.25) is 0 Å². The van der Waals surface area contributed by atoms with Crippen LogP contribution < -0.4 is 4.90 Å². The maximum absolute atomic E-state index is 11.9. The predicted molar refractivity (Wildman–Crippen MR) is 89.8 cm³/mol. The lowest BCUT2D eigenvalue weighted by molar-refractivity contribution is -0.387. The van der Waals surface area contributed by atoms with Gasteiger partial charge in [-0.1, -0.05) is 6.92 Å². The Balaban J connectivity index is 2.28. The van der Waals surface area contributed by atoms with Crippen molar-refractivity contribution >= 4 is 21.2 Å². The number of sulfone groups is 1. The standard InChI is InChI=1S/C15H23N3O4S/c1-3-7-16-8-4-9-17(11-10-16)13-5-6-14(18(19)20)15(12-13)23(2,21)22/h5-6,12H,3-4,7-11H2,1-2H3. The minimum Gasteiger partial charge on any atom is -0.370 e. The van der Waals surface area contributed by atoms with Gasteiger partial charge in [0, 0.05) is 37.6 Å². The molecular weight excluding hydrogens is 318 g/mol. The van der Waals surface area contributed by atoms with Gasteiger partial charge in [-0.25, -0.2) is 8.42 Å². The topological polar surface area (TPSA) is 83.8 Å². The molecule has 1 heterocycles. The van der Waals surface area contributed by atoms with Crippen LogP contribution >= 0.6 is 0 Å². The first-order valence-corrected chi connectivity index (χ1v) is 9.68. The van der Waals surface area contributed by atoms with Crippen LogP contribution in [0.3, 0.4) is 0 Å². The lowest BCUT2D eigenvalue weighted by Gasteiger charge is -2.24. The fraction of sp³-hybridized carbons (Fsp3) is 0.600.